The molecule has 27 heavy (non-hydrogen) atoms. The second kappa shape index (κ2) is 7.23. The van der Waals surface area contributed by atoms with Crippen LogP contribution in [-0.2, 0) is 16.0 Å². The molecule has 6 heteroatoms. The van der Waals surface area contributed by atoms with Crippen molar-refractivity contribution in [3.05, 3.63) is 59.7 Å². The van der Waals surface area contributed by atoms with Gasteiger partial charge in [0, 0.05) is 36.4 Å². The fourth-order valence-corrected chi connectivity index (χ4v) is 3.66. The lowest BCUT2D eigenvalue weighted by molar-refractivity contribution is -0.118. The second-order valence-corrected chi connectivity index (χ2v) is 6.80. The van der Waals surface area contributed by atoms with Crippen molar-refractivity contribution in [1.29, 1.82) is 0 Å². The molecule has 3 amide bonds. The lowest BCUT2D eigenvalue weighted by atomic mass is 10.2. The Balaban J connectivity index is 1.35. The lowest BCUT2D eigenvalue weighted by Crippen LogP contribution is -2.39. The number of benzene rings is 2. The number of para-hydroxylation sites is 1. The SMILES string of the molecule is O=C(NCC(=O)N1CCc2ccccc21)c1ccc(N2CCCC2=O)cc1. The van der Waals surface area contributed by atoms with E-state index in [0.29, 0.717) is 18.5 Å². The molecule has 1 saturated heterocycles. The summed E-state index contributed by atoms with van der Waals surface area (Å²) >= 11 is 0. The van der Waals surface area contributed by atoms with E-state index in [0.717, 1.165) is 36.3 Å². The third-order valence-corrected chi connectivity index (χ3v) is 5.10. The van der Waals surface area contributed by atoms with Crippen LogP contribution in [0.1, 0.15) is 28.8 Å². The number of fused-ring (bicyclic) bond motifs is 1. The van der Waals surface area contributed by atoms with Gasteiger partial charge in [-0.05, 0) is 48.7 Å². The van der Waals surface area contributed by atoms with E-state index in [9.17, 15) is 14.4 Å². The molecule has 0 bridgehead atoms. The average molecular weight is 363 g/mol. The predicted octanol–water partition coefficient (Wildman–Crippen LogP) is 2.13. The highest BCUT2D eigenvalue weighted by atomic mass is 16.2. The van der Waals surface area contributed by atoms with Gasteiger partial charge in [0.15, 0.2) is 0 Å². The average Bonchev–Trinajstić information content (AvgIpc) is 3.32. The molecule has 0 saturated carbocycles. The molecule has 2 aliphatic heterocycles. The third-order valence-electron chi connectivity index (χ3n) is 5.10. The highest BCUT2D eigenvalue weighted by molar-refractivity contribution is 6.02. The zero-order valence-electron chi connectivity index (χ0n) is 15.0. The van der Waals surface area contributed by atoms with Crippen LogP contribution in [0.25, 0.3) is 0 Å². The van der Waals surface area contributed by atoms with Crippen molar-refractivity contribution >= 4 is 29.1 Å². The van der Waals surface area contributed by atoms with Gasteiger partial charge >= 0.3 is 0 Å². The summed E-state index contributed by atoms with van der Waals surface area (Å²) in [6.07, 6.45) is 2.28. The van der Waals surface area contributed by atoms with E-state index in [1.807, 2.05) is 24.3 Å². The first-order chi connectivity index (χ1) is 13.1. The molecule has 2 aliphatic rings. The molecule has 0 atom stereocenters. The van der Waals surface area contributed by atoms with Crippen molar-refractivity contribution in [1.82, 2.24) is 5.32 Å². The number of anilines is 2. The topological polar surface area (TPSA) is 69.7 Å². The van der Waals surface area contributed by atoms with E-state index in [4.69, 9.17) is 0 Å². The van der Waals surface area contributed by atoms with Gasteiger partial charge in [0.05, 0.1) is 6.54 Å². The minimum atomic E-state index is -0.296. The summed E-state index contributed by atoms with van der Waals surface area (Å²) in [5.74, 6) is -0.300. The Morgan fingerprint density at radius 3 is 2.48 bits per heavy atom. The van der Waals surface area contributed by atoms with E-state index in [2.05, 4.69) is 5.32 Å². The fourth-order valence-electron chi connectivity index (χ4n) is 3.66. The maximum atomic E-state index is 12.5. The molecule has 6 nitrogen and oxygen atoms in total. The molecule has 1 fully saturated rings. The third kappa shape index (κ3) is 3.43. The highest BCUT2D eigenvalue weighted by Crippen LogP contribution is 2.27. The fraction of sp³-hybridized carbons (Fsp3) is 0.286. The summed E-state index contributed by atoms with van der Waals surface area (Å²) in [7, 11) is 0. The first kappa shape index (κ1) is 17.3. The minimum absolute atomic E-state index is 0.0421. The molecule has 0 aromatic heterocycles. The standard InChI is InChI=1S/C21H21N3O3/c25-19-6-3-12-23(19)17-9-7-16(8-10-17)21(27)22-14-20(26)24-13-11-15-4-1-2-5-18(15)24/h1-2,4-5,7-10H,3,6,11-14H2,(H,22,27). The first-order valence-electron chi connectivity index (χ1n) is 9.20. The van der Waals surface area contributed by atoms with Crippen molar-refractivity contribution in [2.24, 2.45) is 0 Å². The quantitative estimate of drug-likeness (QED) is 0.905. The Kier molecular flexibility index (Phi) is 4.62. The van der Waals surface area contributed by atoms with Gasteiger partial charge in [-0.1, -0.05) is 18.2 Å². The van der Waals surface area contributed by atoms with Gasteiger partial charge in [-0.2, -0.15) is 0 Å². The number of carbonyl (C=O) groups is 3. The molecular weight excluding hydrogens is 342 g/mol. The van der Waals surface area contributed by atoms with Crippen LogP contribution in [0.2, 0.25) is 0 Å². The van der Waals surface area contributed by atoms with Crippen LogP contribution in [0.15, 0.2) is 48.5 Å². The number of amides is 3. The van der Waals surface area contributed by atoms with Crippen molar-refractivity contribution in [2.75, 3.05) is 29.4 Å². The van der Waals surface area contributed by atoms with Crippen LogP contribution in [0, 0.1) is 0 Å². The monoisotopic (exact) mass is 363 g/mol. The maximum Gasteiger partial charge on any atom is 0.251 e. The molecule has 1 N–H and O–H groups in total. The van der Waals surface area contributed by atoms with Crippen LogP contribution in [0.3, 0.4) is 0 Å². The van der Waals surface area contributed by atoms with E-state index in [-0.39, 0.29) is 24.3 Å². The summed E-state index contributed by atoms with van der Waals surface area (Å²) < 4.78 is 0. The van der Waals surface area contributed by atoms with E-state index >= 15 is 0 Å². The van der Waals surface area contributed by atoms with E-state index < -0.39 is 0 Å². The number of rotatable bonds is 4. The summed E-state index contributed by atoms with van der Waals surface area (Å²) in [4.78, 5) is 40.1. The number of hydrogen-bond acceptors (Lipinski definition) is 3. The number of carbonyl (C=O) groups excluding carboxylic acids is 3. The predicted molar refractivity (Wildman–Crippen MR) is 103 cm³/mol. The number of nitrogens with zero attached hydrogens (tertiary/aromatic N) is 2. The molecule has 0 radical (unpaired) electrons. The summed E-state index contributed by atoms with van der Waals surface area (Å²) in [6, 6.07) is 14.8. The van der Waals surface area contributed by atoms with Crippen molar-refractivity contribution in [2.45, 2.75) is 19.3 Å². The zero-order chi connectivity index (χ0) is 18.8. The van der Waals surface area contributed by atoms with Crippen molar-refractivity contribution < 1.29 is 14.4 Å². The molecule has 2 aromatic carbocycles. The van der Waals surface area contributed by atoms with Gasteiger partial charge in [-0.25, -0.2) is 0 Å². The highest BCUT2D eigenvalue weighted by Gasteiger charge is 2.24. The molecule has 0 aliphatic carbocycles. The van der Waals surface area contributed by atoms with Gasteiger partial charge in [0.2, 0.25) is 11.8 Å². The van der Waals surface area contributed by atoms with Gasteiger partial charge in [-0.3, -0.25) is 14.4 Å². The molecular formula is C21H21N3O3. The van der Waals surface area contributed by atoms with Crippen LogP contribution in [0.4, 0.5) is 11.4 Å². The molecule has 0 spiro atoms. The summed E-state index contributed by atoms with van der Waals surface area (Å²) in [6.45, 7) is 1.32. The van der Waals surface area contributed by atoms with Gasteiger partial charge in [0.1, 0.15) is 0 Å². The van der Waals surface area contributed by atoms with Crippen molar-refractivity contribution in [3.8, 4) is 0 Å². The Labute approximate surface area is 157 Å². The van der Waals surface area contributed by atoms with Crippen LogP contribution in [-0.4, -0.2) is 37.4 Å². The number of hydrogen-bond donors (Lipinski definition) is 1. The Hall–Kier alpha value is -3.15. The van der Waals surface area contributed by atoms with Gasteiger partial charge in [-0.15, -0.1) is 0 Å². The molecule has 138 valence electrons. The van der Waals surface area contributed by atoms with Crippen LogP contribution < -0.4 is 15.1 Å². The Bertz CT molecular complexity index is 892. The Morgan fingerprint density at radius 1 is 0.963 bits per heavy atom. The van der Waals surface area contributed by atoms with E-state index in [1.165, 1.54) is 0 Å². The largest absolute Gasteiger partial charge is 0.343 e. The zero-order valence-corrected chi connectivity index (χ0v) is 15.0. The minimum Gasteiger partial charge on any atom is -0.343 e. The molecule has 4 rings (SSSR count). The lowest BCUT2D eigenvalue weighted by Gasteiger charge is -2.18. The van der Waals surface area contributed by atoms with Gasteiger partial charge < -0.3 is 15.1 Å². The number of nitrogens with one attached hydrogen (secondary N) is 1. The Morgan fingerprint density at radius 2 is 1.74 bits per heavy atom. The van der Waals surface area contributed by atoms with Crippen LogP contribution >= 0.6 is 0 Å². The molecule has 2 heterocycles. The molecule has 2 aromatic rings. The van der Waals surface area contributed by atoms with Crippen LogP contribution in [0.5, 0.6) is 0 Å². The smallest absolute Gasteiger partial charge is 0.251 e. The summed E-state index contributed by atoms with van der Waals surface area (Å²) in [5, 5.41) is 2.69. The van der Waals surface area contributed by atoms with Gasteiger partial charge in [0.25, 0.3) is 5.91 Å². The molecule has 0 unspecified atom stereocenters. The maximum absolute atomic E-state index is 12.5. The van der Waals surface area contributed by atoms with Crippen molar-refractivity contribution in [3.63, 3.8) is 0 Å². The second-order valence-electron chi connectivity index (χ2n) is 6.80. The normalized spacial score (nSPS) is 15.8. The summed E-state index contributed by atoms with van der Waals surface area (Å²) in [5.41, 5.74) is 3.36. The first-order valence-corrected chi connectivity index (χ1v) is 9.20. The van der Waals surface area contributed by atoms with E-state index in [1.54, 1.807) is 34.1 Å².